The Balaban J connectivity index is 1.49. The first-order chi connectivity index (χ1) is 13.0. The van der Waals surface area contributed by atoms with Gasteiger partial charge in [0, 0.05) is 38.2 Å². The van der Waals surface area contributed by atoms with Gasteiger partial charge in [-0.2, -0.15) is 0 Å². The molecule has 5 nitrogen and oxygen atoms in total. The molecule has 1 atom stereocenters. The van der Waals surface area contributed by atoms with E-state index in [9.17, 15) is 14.0 Å². The van der Waals surface area contributed by atoms with E-state index in [1.165, 1.54) is 6.07 Å². The van der Waals surface area contributed by atoms with Gasteiger partial charge >= 0.3 is 0 Å². The van der Waals surface area contributed by atoms with E-state index >= 15 is 0 Å². The van der Waals surface area contributed by atoms with E-state index in [2.05, 4.69) is 12.2 Å². The van der Waals surface area contributed by atoms with E-state index in [1.807, 2.05) is 4.90 Å². The monoisotopic (exact) mass is 375 g/mol. The third kappa shape index (κ3) is 4.86. The maximum Gasteiger partial charge on any atom is 0.254 e. The summed E-state index contributed by atoms with van der Waals surface area (Å²) in [7, 11) is 0. The van der Waals surface area contributed by atoms with E-state index in [0.29, 0.717) is 55.6 Å². The zero-order valence-corrected chi connectivity index (χ0v) is 16.3. The van der Waals surface area contributed by atoms with Gasteiger partial charge in [-0.15, -0.1) is 0 Å². The van der Waals surface area contributed by atoms with E-state index in [-0.39, 0.29) is 17.6 Å². The highest BCUT2D eigenvalue weighted by Crippen LogP contribution is 2.25. The smallest absolute Gasteiger partial charge is 0.254 e. The summed E-state index contributed by atoms with van der Waals surface area (Å²) in [6.07, 6.45) is 2.87. The molecule has 0 radical (unpaired) electrons. The fraction of sp³-hybridized carbons (Fsp3) is 0.619. The Bertz CT molecular complexity index is 680. The Morgan fingerprint density at radius 1 is 1.15 bits per heavy atom. The van der Waals surface area contributed by atoms with Crippen LogP contribution >= 0.6 is 0 Å². The summed E-state index contributed by atoms with van der Waals surface area (Å²) in [4.78, 5) is 28.8. The van der Waals surface area contributed by atoms with Crippen molar-refractivity contribution in [3.63, 3.8) is 0 Å². The number of piperidine rings is 1. The second-order valence-corrected chi connectivity index (χ2v) is 7.91. The van der Waals surface area contributed by atoms with Gasteiger partial charge in [0.2, 0.25) is 5.91 Å². The molecule has 1 aromatic rings. The topological polar surface area (TPSA) is 52.7 Å². The normalized spacial score (nSPS) is 19.8. The van der Waals surface area contributed by atoms with Crippen LogP contribution in [0.3, 0.4) is 0 Å². The van der Waals surface area contributed by atoms with E-state index < -0.39 is 0 Å². The van der Waals surface area contributed by atoms with Crippen LogP contribution in [0.1, 0.15) is 42.1 Å². The highest BCUT2D eigenvalue weighted by molar-refractivity contribution is 5.94. The van der Waals surface area contributed by atoms with Crippen molar-refractivity contribution in [3.8, 4) is 0 Å². The first kappa shape index (κ1) is 19.8. The minimum absolute atomic E-state index is 0.163. The van der Waals surface area contributed by atoms with E-state index in [1.54, 1.807) is 24.0 Å². The van der Waals surface area contributed by atoms with Crippen LogP contribution in [0.4, 0.5) is 4.39 Å². The van der Waals surface area contributed by atoms with Crippen molar-refractivity contribution in [2.45, 2.75) is 33.1 Å². The van der Waals surface area contributed by atoms with Crippen molar-refractivity contribution in [1.29, 1.82) is 0 Å². The Hall–Kier alpha value is -1.95. The van der Waals surface area contributed by atoms with Gasteiger partial charge in [-0.1, -0.05) is 13.0 Å². The summed E-state index contributed by atoms with van der Waals surface area (Å²) < 4.78 is 13.7. The fourth-order valence-corrected chi connectivity index (χ4v) is 4.05. The van der Waals surface area contributed by atoms with Crippen molar-refractivity contribution in [2.24, 2.45) is 11.8 Å². The number of carbonyl (C=O) groups excluding carboxylic acids is 2. The number of hydrogen-bond donors (Lipinski definition) is 1. The minimum atomic E-state index is -0.360. The SMILES string of the molecule is Cc1ccc(C(=O)N2CCN(C(=O)CC(C)C3CCNCC3)CC2)cc1F. The molecular weight excluding hydrogens is 345 g/mol. The quantitative estimate of drug-likeness (QED) is 0.880. The highest BCUT2D eigenvalue weighted by atomic mass is 19.1. The number of aryl methyl sites for hydroxylation is 1. The number of hydrogen-bond acceptors (Lipinski definition) is 3. The van der Waals surface area contributed by atoms with Gasteiger partial charge < -0.3 is 15.1 Å². The molecule has 1 unspecified atom stereocenters. The van der Waals surface area contributed by atoms with Gasteiger partial charge in [0.25, 0.3) is 5.91 Å². The number of piperazine rings is 1. The van der Waals surface area contributed by atoms with Gasteiger partial charge in [-0.05, 0) is 62.4 Å². The number of nitrogens with one attached hydrogen (secondary N) is 1. The van der Waals surface area contributed by atoms with E-state index in [4.69, 9.17) is 0 Å². The number of nitrogens with zero attached hydrogens (tertiary/aromatic N) is 2. The molecule has 0 saturated carbocycles. The lowest BCUT2D eigenvalue weighted by molar-refractivity contribution is -0.134. The van der Waals surface area contributed by atoms with Gasteiger partial charge in [-0.25, -0.2) is 4.39 Å². The minimum Gasteiger partial charge on any atom is -0.339 e. The first-order valence-corrected chi connectivity index (χ1v) is 9.99. The molecule has 2 aliphatic heterocycles. The van der Waals surface area contributed by atoms with Crippen LogP contribution in [-0.2, 0) is 4.79 Å². The molecule has 27 heavy (non-hydrogen) atoms. The molecule has 2 fully saturated rings. The molecule has 1 N–H and O–H groups in total. The summed E-state index contributed by atoms with van der Waals surface area (Å²) in [5.41, 5.74) is 0.905. The van der Waals surface area contributed by atoms with Gasteiger partial charge in [0.1, 0.15) is 5.82 Å². The average molecular weight is 375 g/mol. The molecule has 0 aliphatic carbocycles. The molecule has 148 valence electrons. The first-order valence-electron chi connectivity index (χ1n) is 9.99. The zero-order chi connectivity index (χ0) is 19.4. The molecule has 0 bridgehead atoms. The summed E-state index contributed by atoms with van der Waals surface area (Å²) in [6, 6.07) is 4.60. The average Bonchev–Trinajstić information content (AvgIpc) is 2.70. The molecule has 2 heterocycles. The maximum atomic E-state index is 13.7. The second kappa shape index (κ2) is 8.83. The van der Waals surface area contributed by atoms with E-state index in [0.717, 1.165) is 25.9 Å². The molecular formula is C21H30FN3O2. The molecule has 0 aromatic heterocycles. The number of rotatable bonds is 4. The maximum absolute atomic E-state index is 13.7. The predicted octanol–water partition coefficient (Wildman–Crippen LogP) is 2.44. The number of amides is 2. The second-order valence-electron chi connectivity index (χ2n) is 7.91. The standard InChI is InChI=1S/C21H30FN3O2/c1-15-3-4-18(14-19(15)22)21(27)25-11-9-24(10-12-25)20(26)13-16(2)17-5-7-23-8-6-17/h3-4,14,16-17,23H,5-13H2,1-2H3. The van der Waals surface area contributed by atoms with Crippen molar-refractivity contribution >= 4 is 11.8 Å². The molecule has 2 amide bonds. The zero-order valence-electron chi connectivity index (χ0n) is 16.3. The van der Waals surface area contributed by atoms with Crippen LogP contribution in [0.15, 0.2) is 18.2 Å². The fourth-order valence-electron chi connectivity index (χ4n) is 4.05. The van der Waals surface area contributed by atoms with Gasteiger partial charge in [0.15, 0.2) is 0 Å². The van der Waals surface area contributed by atoms with Crippen LogP contribution in [0.5, 0.6) is 0 Å². The van der Waals surface area contributed by atoms with Crippen molar-refractivity contribution in [3.05, 3.63) is 35.1 Å². The third-order valence-electron chi connectivity index (χ3n) is 6.02. The van der Waals surface area contributed by atoms with Crippen LogP contribution in [-0.4, -0.2) is 60.9 Å². The third-order valence-corrected chi connectivity index (χ3v) is 6.02. The Morgan fingerprint density at radius 2 is 1.78 bits per heavy atom. The Labute approximate surface area is 160 Å². The largest absolute Gasteiger partial charge is 0.339 e. The summed E-state index contributed by atoms with van der Waals surface area (Å²) >= 11 is 0. The summed E-state index contributed by atoms with van der Waals surface area (Å²) in [6.45, 7) is 8.06. The number of benzene rings is 1. The van der Waals surface area contributed by atoms with Gasteiger partial charge in [-0.3, -0.25) is 9.59 Å². The molecule has 2 aliphatic rings. The number of halogens is 1. The van der Waals surface area contributed by atoms with Crippen molar-refractivity contribution in [1.82, 2.24) is 15.1 Å². The van der Waals surface area contributed by atoms with Crippen LogP contribution in [0, 0.1) is 24.6 Å². The number of carbonyl (C=O) groups is 2. The van der Waals surface area contributed by atoms with Crippen LogP contribution in [0.25, 0.3) is 0 Å². The lowest BCUT2D eigenvalue weighted by Crippen LogP contribution is -2.51. The molecule has 2 saturated heterocycles. The summed E-state index contributed by atoms with van der Waals surface area (Å²) in [5.74, 6) is 0.685. The van der Waals surface area contributed by atoms with Crippen LogP contribution in [0.2, 0.25) is 0 Å². The molecule has 0 spiro atoms. The molecule has 1 aromatic carbocycles. The van der Waals surface area contributed by atoms with Crippen LogP contribution < -0.4 is 5.32 Å². The molecule has 6 heteroatoms. The lowest BCUT2D eigenvalue weighted by Gasteiger charge is -2.36. The van der Waals surface area contributed by atoms with Crippen molar-refractivity contribution in [2.75, 3.05) is 39.3 Å². The Kier molecular flexibility index (Phi) is 6.47. The van der Waals surface area contributed by atoms with Crippen molar-refractivity contribution < 1.29 is 14.0 Å². The summed E-state index contributed by atoms with van der Waals surface area (Å²) in [5, 5.41) is 3.37. The van der Waals surface area contributed by atoms with Gasteiger partial charge in [0.05, 0.1) is 0 Å². The highest BCUT2D eigenvalue weighted by Gasteiger charge is 2.28. The lowest BCUT2D eigenvalue weighted by atomic mass is 9.84. The molecule has 3 rings (SSSR count). The Morgan fingerprint density at radius 3 is 2.41 bits per heavy atom. The predicted molar refractivity (Wildman–Crippen MR) is 103 cm³/mol.